The second-order valence-electron chi connectivity index (χ2n) is 6.54. The number of benzene rings is 2. The molecule has 2 amide bonds. The molecule has 1 aliphatic rings. The highest BCUT2D eigenvalue weighted by atomic mass is 79.9. The van der Waals surface area contributed by atoms with Gasteiger partial charge in [-0.1, -0.05) is 47.1 Å². The van der Waals surface area contributed by atoms with Gasteiger partial charge in [0.2, 0.25) is 5.91 Å². The SMILES string of the molecule is CC[C@H]([NH2+][C@H](C)C(=O)N1CC(=O)Nc2ccccc21)c1ccc(Br)cc1. The summed E-state index contributed by atoms with van der Waals surface area (Å²) >= 11 is 3.45. The lowest BCUT2D eigenvalue weighted by Crippen LogP contribution is -2.92. The Bertz CT molecular complexity index is 807. The molecule has 0 bridgehead atoms. The van der Waals surface area contributed by atoms with Crippen molar-refractivity contribution in [2.45, 2.75) is 32.4 Å². The third-order valence-electron chi connectivity index (χ3n) is 4.69. The van der Waals surface area contributed by atoms with Crippen LogP contribution in [0.3, 0.4) is 0 Å². The van der Waals surface area contributed by atoms with E-state index in [0.717, 1.165) is 16.6 Å². The molecule has 3 N–H and O–H groups in total. The predicted octanol–water partition coefficient (Wildman–Crippen LogP) is 2.84. The maximum Gasteiger partial charge on any atom is 0.285 e. The Balaban J connectivity index is 1.77. The first-order valence-electron chi connectivity index (χ1n) is 8.80. The van der Waals surface area contributed by atoms with Gasteiger partial charge >= 0.3 is 0 Å². The molecule has 0 aliphatic carbocycles. The van der Waals surface area contributed by atoms with Crippen LogP contribution in [0.1, 0.15) is 31.9 Å². The number of halogens is 1. The number of para-hydroxylation sites is 2. The van der Waals surface area contributed by atoms with Crippen LogP contribution in [0.25, 0.3) is 0 Å². The Kier molecular flexibility index (Phi) is 5.74. The number of rotatable bonds is 5. The quantitative estimate of drug-likeness (QED) is 0.786. The zero-order chi connectivity index (χ0) is 18.7. The first kappa shape index (κ1) is 18.6. The minimum absolute atomic E-state index is 0.0529. The largest absolute Gasteiger partial charge is 0.330 e. The van der Waals surface area contributed by atoms with Gasteiger partial charge in [0.15, 0.2) is 6.04 Å². The van der Waals surface area contributed by atoms with E-state index in [2.05, 4.69) is 45.6 Å². The van der Waals surface area contributed by atoms with Crippen LogP contribution in [0.2, 0.25) is 0 Å². The van der Waals surface area contributed by atoms with Gasteiger partial charge in [0.1, 0.15) is 12.6 Å². The van der Waals surface area contributed by atoms with Crippen molar-refractivity contribution in [2.24, 2.45) is 0 Å². The number of carbonyl (C=O) groups excluding carboxylic acids is 2. The van der Waals surface area contributed by atoms with E-state index in [9.17, 15) is 9.59 Å². The van der Waals surface area contributed by atoms with Crippen molar-refractivity contribution in [3.05, 3.63) is 58.6 Å². The number of carbonyl (C=O) groups is 2. The zero-order valence-corrected chi connectivity index (χ0v) is 16.5. The van der Waals surface area contributed by atoms with Gasteiger partial charge in [-0.25, -0.2) is 0 Å². The Hall–Kier alpha value is -2.18. The molecular formula is C20H23BrN3O2+. The average Bonchev–Trinajstić information content (AvgIpc) is 2.65. The highest BCUT2D eigenvalue weighted by Gasteiger charge is 2.32. The number of nitrogens with two attached hydrogens (primary N) is 1. The smallest absolute Gasteiger partial charge is 0.285 e. The van der Waals surface area contributed by atoms with E-state index in [-0.39, 0.29) is 30.4 Å². The van der Waals surface area contributed by atoms with Gasteiger partial charge in [-0.05, 0) is 31.2 Å². The molecule has 2 aromatic rings. The van der Waals surface area contributed by atoms with Gasteiger partial charge in [0.05, 0.1) is 11.4 Å². The van der Waals surface area contributed by atoms with Crippen LogP contribution >= 0.6 is 15.9 Å². The molecule has 1 aliphatic heterocycles. The number of fused-ring (bicyclic) bond motifs is 1. The number of anilines is 2. The highest BCUT2D eigenvalue weighted by Crippen LogP contribution is 2.29. The van der Waals surface area contributed by atoms with Crippen molar-refractivity contribution < 1.29 is 14.9 Å². The van der Waals surface area contributed by atoms with E-state index < -0.39 is 0 Å². The van der Waals surface area contributed by atoms with Crippen LogP contribution in [0, 0.1) is 0 Å². The Morgan fingerprint density at radius 2 is 1.92 bits per heavy atom. The third kappa shape index (κ3) is 3.97. The summed E-state index contributed by atoms with van der Waals surface area (Å²) in [5.41, 5.74) is 2.63. The Morgan fingerprint density at radius 3 is 2.62 bits per heavy atom. The van der Waals surface area contributed by atoms with Gasteiger partial charge in [0, 0.05) is 16.5 Å². The first-order valence-corrected chi connectivity index (χ1v) is 9.59. The molecule has 0 radical (unpaired) electrons. The summed E-state index contributed by atoms with van der Waals surface area (Å²) in [5, 5.41) is 4.90. The third-order valence-corrected chi connectivity index (χ3v) is 5.21. The maximum atomic E-state index is 13.1. The fourth-order valence-electron chi connectivity index (χ4n) is 3.30. The Labute approximate surface area is 161 Å². The van der Waals surface area contributed by atoms with Gasteiger partial charge in [-0.15, -0.1) is 0 Å². The number of nitrogens with zero attached hydrogens (tertiary/aromatic N) is 1. The van der Waals surface area contributed by atoms with E-state index in [1.165, 1.54) is 5.56 Å². The van der Waals surface area contributed by atoms with Crippen molar-refractivity contribution in [1.29, 1.82) is 0 Å². The summed E-state index contributed by atoms with van der Waals surface area (Å²) in [6.07, 6.45) is 0.913. The summed E-state index contributed by atoms with van der Waals surface area (Å²) < 4.78 is 1.04. The van der Waals surface area contributed by atoms with Crippen molar-refractivity contribution in [3.63, 3.8) is 0 Å². The van der Waals surface area contributed by atoms with Crippen molar-refractivity contribution >= 4 is 39.1 Å². The van der Waals surface area contributed by atoms with Gasteiger partial charge in [-0.2, -0.15) is 0 Å². The topological polar surface area (TPSA) is 66.0 Å². The molecule has 5 nitrogen and oxygen atoms in total. The zero-order valence-electron chi connectivity index (χ0n) is 14.9. The fourth-order valence-corrected chi connectivity index (χ4v) is 3.56. The summed E-state index contributed by atoms with van der Waals surface area (Å²) in [4.78, 5) is 26.6. The molecule has 1 heterocycles. The van der Waals surface area contributed by atoms with Crippen LogP contribution < -0.4 is 15.5 Å². The summed E-state index contributed by atoms with van der Waals surface area (Å²) in [6, 6.07) is 15.5. The lowest BCUT2D eigenvalue weighted by Gasteiger charge is -2.31. The monoisotopic (exact) mass is 416 g/mol. The molecule has 0 saturated carbocycles. The lowest BCUT2D eigenvalue weighted by atomic mass is 10.0. The molecule has 2 aromatic carbocycles. The minimum atomic E-state index is -0.289. The van der Waals surface area contributed by atoms with Gasteiger partial charge < -0.3 is 10.6 Å². The lowest BCUT2D eigenvalue weighted by molar-refractivity contribution is -0.713. The molecule has 0 fully saturated rings. The molecule has 3 rings (SSSR count). The second-order valence-corrected chi connectivity index (χ2v) is 7.45. The molecular weight excluding hydrogens is 394 g/mol. The summed E-state index contributed by atoms with van der Waals surface area (Å²) in [5.74, 6) is -0.216. The van der Waals surface area contributed by atoms with Crippen molar-refractivity contribution in [1.82, 2.24) is 0 Å². The summed E-state index contributed by atoms with van der Waals surface area (Å²) in [7, 11) is 0. The Morgan fingerprint density at radius 1 is 1.23 bits per heavy atom. The van der Waals surface area contributed by atoms with Crippen molar-refractivity contribution in [2.75, 3.05) is 16.8 Å². The minimum Gasteiger partial charge on any atom is -0.330 e. The van der Waals surface area contributed by atoms with Crippen LogP contribution in [0.15, 0.2) is 53.0 Å². The molecule has 136 valence electrons. The standard InChI is InChI=1S/C20H22BrN3O2/c1-3-16(14-8-10-15(21)11-9-14)22-13(2)20(26)24-12-19(25)23-17-6-4-5-7-18(17)24/h4-11,13,16,22H,3,12H2,1-2H3,(H,23,25)/p+1/t13-,16+/m1/s1. The van der Waals surface area contributed by atoms with Gasteiger partial charge in [0.25, 0.3) is 5.91 Å². The van der Waals surface area contributed by atoms with Gasteiger partial charge in [-0.3, -0.25) is 14.5 Å². The van der Waals surface area contributed by atoms with Crippen molar-refractivity contribution in [3.8, 4) is 0 Å². The van der Waals surface area contributed by atoms with Crippen LogP contribution in [0.5, 0.6) is 0 Å². The second kappa shape index (κ2) is 8.01. The van der Waals surface area contributed by atoms with E-state index in [0.29, 0.717) is 5.69 Å². The van der Waals surface area contributed by atoms with Crippen LogP contribution in [-0.2, 0) is 9.59 Å². The number of amides is 2. The number of nitrogens with one attached hydrogen (secondary N) is 1. The normalized spacial score (nSPS) is 15.8. The van der Waals surface area contributed by atoms with E-state index in [1.807, 2.05) is 43.3 Å². The molecule has 0 spiro atoms. The predicted molar refractivity (Wildman–Crippen MR) is 106 cm³/mol. The number of quaternary nitrogens is 1. The molecule has 6 heteroatoms. The molecule has 0 saturated heterocycles. The summed E-state index contributed by atoms with van der Waals surface area (Å²) in [6.45, 7) is 4.08. The number of hydrogen-bond acceptors (Lipinski definition) is 2. The molecule has 0 aromatic heterocycles. The maximum absolute atomic E-state index is 13.1. The highest BCUT2D eigenvalue weighted by molar-refractivity contribution is 9.10. The molecule has 2 atom stereocenters. The van der Waals surface area contributed by atoms with Crippen LogP contribution in [0.4, 0.5) is 11.4 Å². The van der Waals surface area contributed by atoms with E-state index in [1.54, 1.807) is 4.90 Å². The fraction of sp³-hybridized carbons (Fsp3) is 0.300. The van der Waals surface area contributed by atoms with E-state index >= 15 is 0 Å². The van der Waals surface area contributed by atoms with E-state index in [4.69, 9.17) is 0 Å². The average molecular weight is 417 g/mol. The number of hydrogen-bond donors (Lipinski definition) is 2. The molecule has 26 heavy (non-hydrogen) atoms. The van der Waals surface area contributed by atoms with Crippen LogP contribution in [-0.4, -0.2) is 24.4 Å². The molecule has 0 unspecified atom stereocenters. The first-order chi connectivity index (χ1) is 12.5.